The first-order chi connectivity index (χ1) is 10.2. The van der Waals surface area contributed by atoms with Crippen molar-refractivity contribution in [2.45, 2.75) is 31.8 Å². The monoisotopic (exact) mass is 330 g/mol. The minimum Gasteiger partial charge on any atom is -0.489 e. The third kappa shape index (κ3) is 3.75. The number of ether oxygens (including phenoxy) is 1. The molecule has 0 aliphatic heterocycles. The van der Waals surface area contributed by atoms with Crippen LogP contribution in [0.1, 0.15) is 36.5 Å². The van der Waals surface area contributed by atoms with E-state index >= 15 is 0 Å². The molecule has 0 bridgehead atoms. The van der Waals surface area contributed by atoms with Gasteiger partial charge in [0.15, 0.2) is 11.6 Å². The first-order valence-electron chi connectivity index (χ1n) is 6.83. The van der Waals surface area contributed by atoms with Gasteiger partial charge in [-0.05, 0) is 25.0 Å². The van der Waals surface area contributed by atoms with Gasteiger partial charge in [0.1, 0.15) is 17.4 Å². The Hall–Kier alpha value is -1.66. The summed E-state index contributed by atoms with van der Waals surface area (Å²) in [6, 6.07) is 2.56. The first-order valence-corrected chi connectivity index (χ1v) is 7.20. The Morgan fingerprint density at radius 1 is 1.45 bits per heavy atom. The average molecular weight is 331 g/mol. The van der Waals surface area contributed by atoms with Crippen LogP contribution in [0.2, 0.25) is 5.02 Å². The van der Waals surface area contributed by atoms with Crippen LogP contribution in [0.3, 0.4) is 0 Å². The summed E-state index contributed by atoms with van der Waals surface area (Å²) < 4.78 is 19.5. The second kappa shape index (κ2) is 6.22. The highest BCUT2D eigenvalue weighted by Gasteiger charge is 2.41. The van der Waals surface area contributed by atoms with Gasteiger partial charge in [-0.25, -0.2) is 4.39 Å². The van der Waals surface area contributed by atoms with Gasteiger partial charge in [0.2, 0.25) is 0 Å². The molecule has 0 spiro atoms. The summed E-state index contributed by atoms with van der Waals surface area (Å²) >= 11 is 5.85. The third-order valence-corrected chi connectivity index (χ3v) is 3.92. The zero-order chi connectivity index (χ0) is 16.5. The number of benzene rings is 1. The molecule has 1 saturated carbocycles. The molecule has 22 heavy (non-hydrogen) atoms. The molecule has 5 nitrogen and oxygen atoms in total. The second-order valence-electron chi connectivity index (χ2n) is 5.62. The van der Waals surface area contributed by atoms with E-state index in [-0.39, 0.29) is 29.4 Å². The Morgan fingerprint density at radius 3 is 2.64 bits per heavy atom. The topological polar surface area (TPSA) is 83.8 Å². The number of carbonyl (C=O) groups is 2. The van der Waals surface area contributed by atoms with Crippen LogP contribution in [0.5, 0.6) is 5.75 Å². The van der Waals surface area contributed by atoms with Crippen LogP contribution in [0, 0.1) is 11.7 Å². The van der Waals surface area contributed by atoms with Crippen molar-refractivity contribution in [3.63, 3.8) is 0 Å². The average Bonchev–Trinajstić information content (AvgIpc) is 3.17. The molecule has 1 aromatic carbocycles. The van der Waals surface area contributed by atoms with E-state index in [0.717, 1.165) is 0 Å². The Morgan fingerprint density at radius 2 is 2.09 bits per heavy atom. The molecule has 1 fully saturated rings. The van der Waals surface area contributed by atoms with Crippen LogP contribution in [-0.2, 0) is 4.79 Å². The summed E-state index contributed by atoms with van der Waals surface area (Å²) in [6.45, 7) is 1.42. The molecule has 1 aliphatic carbocycles. The van der Waals surface area contributed by atoms with Crippen molar-refractivity contribution >= 4 is 23.4 Å². The van der Waals surface area contributed by atoms with Gasteiger partial charge >= 0.3 is 5.97 Å². The Kier molecular flexibility index (Phi) is 4.72. The van der Waals surface area contributed by atoms with Gasteiger partial charge in [0.05, 0.1) is 17.6 Å². The fourth-order valence-electron chi connectivity index (χ4n) is 1.95. The molecular formula is C15H16ClFO5. The maximum atomic E-state index is 14.2. The summed E-state index contributed by atoms with van der Waals surface area (Å²) in [5, 5.41) is 18.0. The molecule has 2 rings (SSSR count). The lowest BCUT2D eigenvalue weighted by Gasteiger charge is -2.14. The summed E-state index contributed by atoms with van der Waals surface area (Å²) in [5.74, 6) is -3.52. The highest BCUT2D eigenvalue weighted by atomic mass is 35.5. The normalized spacial score (nSPS) is 16.9. The quantitative estimate of drug-likeness (QED) is 0.751. The standard InChI is InChI=1S/C15H16ClFO5/c1-8(6-11(18)19)14(20)9-2-3-10(12(16)13(9)17)22-7-15(21)4-5-15/h2-3,8,21H,4-7H2,1H3,(H,18,19). The van der Waals surface area contributed by atoms with Crippen LogP contribution < -0.4 is 4.74 Å². The zero-order valence-electron chi connectivity index (χ0n) is 11.9. The number of carboxylic acids is 1. The van der Waals surface area contributed by atoms with Crippen molar-refractivity contribution in [1.82, 2.24) is 0 Å². The number of carboxylic acid groups (broad SMARTS) is 1. The zero-order valence-corrected chi connectivity index (χ0v) is 12.7. The summed E-state index contributed by atoms with van der Waals surface area (Å²) in [4.78, 5) is 22.7. The van der Waals surface area contributed by atoms with E-state index in [1.807, 2.05) is 0 Å². The first kappa shape index (κ1) is 16.7. The van der Waals surface area contributed by atoms with Crippen LogP contribution >= 0.6 is 11.6 Å². The number of ketones is 1. The Labute approximate surface area is 131 Å². The maximum Gasteiger partial charge on any atom is 0.304 e. The van der Waals surface area contributed by atoms with E-state index in [9.17, 15) is 19.1 Å². The van der Waals surface area contributed by atoms with E-state index in [2.05, 4.69) is 0 Å². The number of carbonyl (C=O) groups excluding carboxylic acids is 1. The number of aliphatic hydroxyl groups is 1. The fraction of sp³-hybridized carbons (Fsp3) is 0.467. The SMILES string of the molecule is CC(CC(=O)O)C(=O)c1ccc(OCC2(O)CC2)c(Cl)c1F. The Bertz CT molecular complexity index is 612. The molecule has 0 aromatic heterocycles. The summed E-state index contributed by atoms with van der Waals surface area (Å²) in [6.07, 6.45) is 0.855. The molecule has 1 unspecified atom stereocenters. The number of halogens is 2. The van der Waals surface area contributed by atoms with E-state index in [0.29, 0.717) is 12.8 Å². The molecule has 1 aromatic rings. The minimum atomic E-state index is -1.13. The van der Waals surface area contributed by atoms with Crippen LogP contribution in [-0.4, -0.2) is 34.2 Å². The Balaban J connectivity index is 2.15. The van der Waals surface area contributed by atoms with Gasteiger partial charge in [-0.15, -0.1) is 0 Å². The van der Waals surface area contributed by atoms with Gasteiger partial charge in [0.25, 0.3) is 0 Å². The predicted molar refractivity (Wildman–Crippen MR) is 76.8 cm³/mol. The summed E-state index contributed by atoms with van der Waals surface area (Å²) in [7, 11) is 0. The highest BCUT2D eigenvalue weighted by molar-refractivity contribution is 6.32. The van der Waals surface area contributed by atoms with Gasteiger partial charge < -0.3 is 14.9 Å². The molecule has 120 valence electrons. The molecule has 1 atom stereocenters. The van der Waals surface area contributed by atoms with Gasteiger partial charge in [-0.2, -0.15) is 0 Å². The second-order valence-corrected chi connectivity index (χ2v) is 5.99. The van der Waals surface area contributed by atoms with Crippen LogP contribution in [0.4, 0.5) is 4.39 Å². The van der Waals surface area contributed by atoms with Crippen molar-refractivity contribution in [3.8, 4) is 5.75 Å². The van der Waals surface area contributed by atoms with Gasteiger partial charge in [-0.3, -0.25) is 9.59 Å². The number of hydrogen-bond donors (Lipinski definition) is 2. The van der Waals surface area contributed by atoms with Crippen molar-refractivity contribution in [2.24, 2.45) is 5.92 Å². The number of rotatable bonds is 7. The van der Waals surface area contributed by atoms with Gasteiger partial charge in [0, 0.05) is 5.92 Å². The smallest absolute Gasteiger partial charge is 0.304 e. The predicted octanol–water partition coefficient (Wildman–Crippen LogP) is 2.68. The van der Waals surface area contributed by atoms with E-state index in [1.54, 1.807) is 0 Å². The maximum absolute atomic E-state index is 14.2. The van der Waals surface area contributed by atoms with Crippen LogP contribution in [0.25, 0.3) is 0 Å². The molecular weight excluding hydrogens is 315 g/mol. The lowest BCUT2D eigenvalue weighted by atomic mass is 9.96. The minimum absolute atomic E-state index is 0.00880. The number of Topliss-reactive ketones (excluding diaryl/α,β-unsaturated/α-hetero) is 1. The van der Waals surface area contributed by atoms with Crippen LogP contribution in [0.15, 0.2) is 12.1 Å². The van der Waals surface area contributed by atoms with E-state index in [1.165, 1.54) is 19.1 Å². The van der Waals surface area contributed by atoms with Crippen molar-refractivity contribution in [1.29, 1.82) is 0 Å². The fourth-order valence-corrected chi connectivity index (χ4v) is 2.17. The van der Waals surface area contributed by atoms with Crippen molar-refractivity contribution in [3.05, 3.63) is 28.5 Å². The third-order valence-electron chi connectivity index (χ3n) is 3.56. The molecule has 0 heterocycles. The van der Waals surface area contributed by atoms with Crippen molar-refractivity contribution in [2.75, 3.05) is 6.61 Å². The highest BCUT2D eigenvalue weighted by Crippen LogP contribution is 2.37. The summed E-state index contributed by atoms with van der Waals surface area (Å²) in [5.41, 5.74) is -1.14. The molecule has 0 amide bonds. The molecule has 0 radical (unpaired) electrons. The van der Waals surface area contributed by atoms with Crippen molar-refractivity contribution < 1.29 is 28.9 Å². The molecule has 0 saturated heterocycles. The largest absolute Gasteiger partial charge is 0.489 e. The molecule has 1 aliphatic rings. The van der Waals surface area contributed by atoms with E-state index < -0.39 is 29.1 Å². The number of hydrogen-bond acceptors (Lipinski definition) is 4. The molecule has 7 heteroatoms. The molecule has 2 N–H and O–H groups in total. The van der Waals surface area contributed by atoms with Gasteiger partial charge in [-0.1, -0.05) is 18.5 Å². The number of aliphatic carboxylic acids is 1. The lowest BCUT2D eigenvalue weighted by molar-refractivity contribution is -0.137. The van der Waals surface area contributed by atoms with E-state index in [4.69, 9.17) is 21.4 Å². The lowest BCUT2D eigenvalue weighted by Crippen LogP contribution is -2.19.